The van der Waals surface area contributed by atoms with Crippen LogP contribution >= 0.6 is 12.2 Å². The second-order valence-electron chi connectivity index (χ2n) is 1.60. The minimum Gasteiger partial charge on any atom is -0.465 e. The minimum atomic E-state index is -1.03. The van der Waals surface area contributed by atoms with Crippen molar-refractivity contribution in [3.63, 3.8) is 0 Å². The maximum Gasteiger partial charge on any atom is 0.407 e. The lowest BCUT2D eigenvalue weighted by atomic mass is 10.6. The lowest BCUT2D eigenvalue weighted by Crippen LogP contribution is -2.33. The molecule has 0 aromatic rings. The molecule has 0 fully saturated rings. The van der Waals surface area contributed by atoms with Crippen molar-refractivity contribution in [3.05, 3.63) is 0 Å². The van der Waals surface area contributed by atoms with Gasteiger partial charge in [-0.2, -0.15) is 0 Å². The van der Waals surface area contributed by atoms with E-state index in [1.165, 1.54) is 7.05 Å². The number of rotatable bonds is 2. The van der Waals surface area contributed by atoms with Crippen molar-refractivity contribution in [3.8, 4) is 0 Å². The van der Waals surface area contributed by atoms with E-state index in [0.29, 0.717) is 0 Å². The molecule has 3 N–H and O–H groups in total. The van der Waals surface area contributed by atoms with Crippen molar-refractivity contribution >= 4 is 23.3 Å². The first-order valence-corrected chi connectivity index (χ1v) is 2.67. The Kier molecular flexibility index (Phi) is 2.94. The van der Waals surface area contributed by atoms with Gasteiger partial charge in [0.05, 0.1) is 11.5 Å². The largest absolute Gasteiger partial charge is 0.465 e. The summed E-state index contributed by atoms with van der Waals surface area (Å²) in [6.45, 7) is 0.116. The zero-order chi connectivity index (χ0) is 7.44. The SMILES string of the molecule is CN(CC(N)=S)C(=O)O. The van der Waals surface area contributed by atoms with E-state index in [0.717, 1.165) is 4.90 Å². The van der Waals surface area contributed by atoms with Crippen molar-refractivity contribution in [2.24, 2.45) is 5.73 Å². The summed E-state index contributed by atoms with van der Waals surface area (Å²) in [5.74, 6) is 0. The van der Waals surface area contributed by atoms with Gasteiger partial charge in [-0.3, -0.25) is 0 Å². The first-order valence-electron chi connectivity index (χ1n) is 2.26. The van der Waals surface area contributed by atoms with Crippen molar-refractivity contribution in [1.82, 2.24) is 4.90 Å². The topological polar surface area (TPSA) is 66.6 Å². The van der Waals surface area contributed by atoms with Crippen LogP contribution in [0, 0.1) is 0 Å². The van der Waals surface area contributed by atoms with E-state index in [2.05, 4.69) is 12.2 Å². The predicted octanol–water partition coefficient (Wildman–Crippen LogP) is -0.118. The second kappa shape index (κ2) is 3.24. The van der Waals surface area contributed by atoms with Gasteiger partial charge in [0.1, 0.15) is 0 Å². The van der Waals surface area contributed by atoms with Crippen LogP contribution in [0.5, 0.6) is 0 Å². The summed E-state index contributed by atoms with van der Waals surface area (Å²) in [7, 11) is 1.40. The van der Waals surface area contributed by atoms with Gasteiger partial charge in [0.25, 0.3) is 0 Å². The highest BCUT2D eigenvalue weighted by Gasteiger charge is 2.04. The van der Waals surface area contributed by atoms with Gasteiger partial charge < -0.3 is 15.7 Å². The Balaban J connectivity index is 3.63. The van der Waals surface area contributed by atoms with Crippen LogP contribution in [0.25, 0.3) is 0 Å². The lowest BCUT2D eigenvalue weighted by Gasteiger charge is -2.09. The molecule has 0 aromatic heterocycles. The van der Waals surface area contributed by atoms with E-state index in [4.69, 9.17) is 10.8 Å². The number of carboxylic acid groups (broad SMARTS) is 1. The molecule has 9 heavy (non-hydrogen) atoms. The second-order valence-corrected chi connectivity index (χ2v) is 2.13. The molecule has 0 aliphatic carbocycles. The molecule has 0 radical (unpaired) electrons. The standard InChI is InChI=1S/C4H8N2O2S/c1-6(4(7)8)2-3(5)9/h2H2,1H3,(H2,5,9)(H,7,8). The van der Waals surface area contributed by atoms with E-state index >= 15 is 0 Å². The van der Waals surface area contributed by atoms with Crippen LogP contribution in [0.15, 0.2) is 0 Å². The molecule has 5 heteroatoms. The molecule has 0 rings (SSSR count). The minimum absolute atomic E-state index is 0.116. The molecule has 52 valence electrons. The van der Waals surface area contributed by atoms with E-state index < -0.39 is 6.09 Å². The van der Waals surface area contributed by atoms with Crippen molar-refractivity contribution in [2.45, 2.75) is 0 Å². The number of thiocarbonyl (C=S) groups is 1. The highest BCUT2D eigenvalue weighted by Crippen LogP contribution is 1.81. The average molecular weight is 148 g/mol. The first-order chi connectivity index (χ1) is 4.04. The molecule has 0 bridgehead atoms. The highest BCUT2D eigenvalue weighted by molar-refractivity contribution is 7.80. The van der Waals surface area contributed by atoms with E-state index in [-0.39, 0.29) is 11.5 Å². The molecule has 0 aliphatic heterocycles. The summed E-state index contributed by atoms with van der Waals surface area (Å²) in [5.41, 5.74) is 5.06. The summed E-state index contributed by atoms with van der Waals surface area (Å²) in [4.78, 5) is 11.2. The molecule has 4 nitrogen and oxygen atoms in total. The summed E-state index contributed by atoms with van der Waals surface area (Å²) >= 11 is 4.46. The molecule has 1 amide bonds. The monoisotopic (exact) mass is 148 g/mol. The molecule has 0 unspecified atom stereocenters. The number of nitrogens with zero attached hydrogens (tertiary/aromatic N) is 1. The van der Waals surface area contributed by atoms with Crippen molar-refractivity contribution in [1.29, 1.82) is 0 Å². The molecular formula is C4H8N2O2S. The normalized spacial score (nSPS) is 8.56. The third-order valence-corrected chi connectivity index (χ3v) is 0.849. The quantitative estimate of drug-likeness (QED) is 0.536. The van der Waals surface area contributed by atoms with Crippen LogP contribution in [0.4, 0.5) is 4.79 Å². The smallest absolute Gasteiger partial charge is 0.407 e. The number of hydrogen-bond donors (Lipinski definition) is 2. The van der Waals surface area contributed by atoms with Crippen LogP contribution < -0.4 is 5.73 Å². The van der Waals surface area contributed by atoms with E-state index in [9.17, 15) is 4.79 Å². The molecule has 0 atom stereocenters. The number of nitrogens with two attached hydrogens (primary N) is 1. The fraction of sp³-hybridized carbons (Fsp3) is 0.500. The van der Waals surface area contributed by atoms with Crippen LogP contribution in [-0.2, 0) is 0 Å². The molecule has 0 spiro atoms. The van der Waals surface area contributed by atoms with Gasteiger partial charge in [-0.15, -0.1) is 0 Å². The van der Waals surface area contributed by atoms with Gasteiger partial charge in [0.15, 0.2) is 0 Å². The first kappa shape index (κ1) is 8.16. The Morgan fingerprint density at radius 3 is 2.44 bits per heavy atom. The number of likely N-dealkylation sites (N-methyl/N-ethyl adjacent to an activating group) is 1. The maximum atomic E-state index is 10.0. The third kappa shape index (κ3) is 3.72. The Hall–Kier alpha value is -0.840. The number of hydrogen-bond acceptors (Lipinski definition) is 2. The highest BCUT2D eigenvalue weighted by atomic mass is 32.1. The Labute approximate surface area is 58.2 Å². The van der Waals surface area contributed by atoms with Crippen molar-refractivity contribution in [2.75, 3.05) is 13.6 Å². The predicted molar refractivity (Wildman–Crippen MR) is 37.4 cm³/mol. The summed E-state index contributed by atoms with van der Waals surface area (Å²) in [6.07, 6.45) is -1.03. The fourth-order valence-electron chi connectivity index (χ4n) is 0.301. The van der Waals surface area contributed by atoms with Crippen molar-refractivity contribution < 1.29 is 9.90 Å². The van der Waals surface area contributed by atoms with Gasteiger partial charge in [-0.05, 0) is 0 Å². The third-order valence-electron chi connectivity index (χ3n) is 0.720. The van der Waals surface area contributed by atoms with E-state index in [1.807, 2.05) is 0 Å². The molecule has 0 saturated heterocycles. The van der Waals surface area contributed by atoms with Crippen LogP contribution in [0.2, 0.25) is 0 Å². The number of amides is 1. The Morgan fingerprint density at radius 1 is 1.89 bits per heavy atom. The van der Waals surface area contributed by atoms with Gasteiger partial charge in [-0.1, -0.05) is 12.2 Å². The molecular weight excluding hydrogens is 140 g/mol. The van der Waals surface area contributed by atoms with Crippen LogP contribution in [-0.4, -0.2) is 34.7 Å². The van der Waals surface area contributed by atoms with Crippen LogP contribution in [0.3, 0.4) is 0 Å². The zero-order valence-electron chi connectivity index (χ0n) is 5.00. The Bertz CT molecular complexity index is 137. The Morgan fingerprint density at radius 2 is 2.33 bits per heavy atom. The molecule has 0 aromatic carbocycles. The van der Waals surface area contributed by atoms with Gasteiger partial charge in [-0.25, -0.2) is 4.79 Å². The lowest BCUT2D eigenvalue weighted by molar-refractivity contribution is 0.161. The van der Waals surface area contributed by atoms with Gasteiger partial charge in [0.2, 0.25) is 0 Å². The van der Waals surface area contributed by atoms with Gasteiger partial charge in [0, 0.05) is 7.05 Å². The number of carbonyl (C=O) groups is 1. The molecule has 0 heterocycles. The summed E-state index contributed by atoms with van der Waals surface area (Å²) in [5, 5.41) is 8.24. The molecule has 0 saturated carbocycles. The van der Waals surface area contributed by atoms with Gasteiger partial charge >= 0.3 is 6.09 Å². The zero-order valence-corrected chi connectivity index (χ0v) is 5.81. The summed E-state index contributed by atoms with van der Waals surface area (Å²) < 4.78 is 0. The fourth-order valence-corrected chi connectivity index (χ4v) is 0.495. The van der Waals surface area contributed by atoms with Crippen LogP contribution in [0.1, 0.15) is 0 Å². The molecule has 0 aliphatic rings. The average Bonchev–Trinajstić information content (AvgIpc) is 1.63. The van der Waals surface area contributed by atoms with E-state index in [1.54, 1.807) is 0 Å². The maximum absolute atomic E-state index is 10.0. The summed E-state index contributed by atoms with van der Waals surface area (Å²) in [6, 6.07) is 0.